The van der Waals surface area contributed by atoms with E-state index in [4.69, 9.17) is 16.3 Å². The van der Waals surface area contributed by atoms with Gasteiger partial charge in [-0.25, -0.2) is 4.39 Å². The van der Waals surface area contributed by atoms with Crippen LogP contribution in [0.25, 0.3) is 5.76 Å². The van der Waals surface area contributed by atoms with Crippen molar-refractivity contribution in [2.45, 2.75) is 6.04 Å². The van der Waals surface area contributed by atoms with Gasteiger partial charge in [-0.15, -0.1) is 0 Å². The minimum absolute atomic E-state index is 0.0786. The van der Waals surface area contributed by atoms with Crippen molar-refractivity contribution in [2.75, 3.05) is 39.4 Å². The molecular formula is C23H22ClFN2O5. The normalized spacial score (nSPS) is 21.3. The summed E-state index contributed by atoms with van der Waals surface area (Å²) in [6, 6.07) is 8.55. The number of benzene rings is 2. The predicted octanol–water partition coefficient (Wildman–Crippen LogP) is 2.94. The number of hydrogen-bond acceptors (Lipinski definition) is 6. The van der Waals surface area contributed by atoms with Crippen LogP contribution < -0.4 is 0 Å². The van der Waals surface area contributed by atoms with E-state index in [1.165, 1.54) is 41.3 Å². The van der Waals surface area contributed by atoms with Gasteiger partial charge in [0.15, 0.2) is 0 Å². The van der Waals surface area contributed by atoms with Gasteiger partial charge < -0.3 is 19.8 Å². The van der Waals surface area contributed by atoms with Gasteiger partial charge in [0, 0.05) is 31.2 Å². The Bertz CT molecular complexity index is 1080. The number of carbonyl (C=O) groups is 2. The van der Waals surface area contributed by atoms with Crippen molar-refractivity contribution in [3.63, 3.8) is 0 Å². The summed E-state index contributed by atoms with van der Waals surface area (Å²) in [4.78, 5) is 29.4. The predicted molar refractivity (Wildman–Crippen MR) is 116 cm³/mol. The van der Waals surface area contributed by atoms with Crippen LogP contribution in [0.15, 0.2) is 48.0 Å². The summed E-state index contributed by atoms with van der Waals surface area (Å²) in [5, 5.41) is 21.4. The highest BCUT2D eigenvalue weighted by atomic mass is 35.5. The Morgan fingerprint density at radius 3 is 2.59 bits per heavy atom. The fraction of sp³-hybridized carbons (Fsp3) is 0.304. The Kier molecular flexibility index (Phi) is 6.45. The van der Waals surface area contributed by atoms with Crippen LogP contribution in [-0.2, 0) is 14.3 Å². The van der Waals surface area contributed by atoms with Crippen LogP contribution in [0.1, 0.15) is 17.2 Å². The SMILES string of the molecule is O=C1C(=O)N(CCN2CCOCC2)[C@@H](c2cccc(F)c2)C1=C(O)c1cc(Cl)ccc1O. The van der Waals surface area contributed by atoms with Crippen LogP contribution in [0, 0.1) is 5.82 Å². The molecule has 0 aromatic heterocycles. The maximum absolute atomic E-state index is 14.0. The van der Waals surface area contributed by atoms with E-state index in [0.717, 1.165) is 0 Å². The minimum atomic E-state index is -1.01. The number of halogens is 2. The van der Waals surface area contributed by atoms with Crippen LogP contribution in [0.4, 0.5) is 4.39 Å². The van der Waals surface area contributed by atoms with Gasteiger partial charge in [0.2, 0.25) is 0 Å². The van der Waals surface area contributed by atoms with Crippen molar-refractivity contribution in [3.8, 4) is 5.75 Å². The first kappa shape index (κ1) is 22.3. The molecule has 9 heteroatoms. The average Bonchev–Trinajstić information content (AvgIpc) is 3.04. The zero-order chi connectivity index (χ0) is 22.8. The largest absolute Gasteiger partial charge is 0.507 e. The summed E-state index contributed by atoms with van der Waals surface area (Å²) in [6.45, 7) is 3.25. The first-order valence-corrected chi connectivity index (χ1v) is 10.6. The number of hydrogen-bond donors (Lipinski definition) is 2. The Hall–Kier alpha value is -2.94. The molecular weight excluding hydrogens is 439 g/mol. The molecule has 0 spiro atoms. The zero-order valence-electron chi connectivity index (χ0n) is 17.1. The molecule has 1 atom stereocenters. The third-order valence-corrected chi connectivity index (χ3v) is 5.91. The molecule has 2 N–H and O–H groups in total. The molecule has 0 unspecified atom stereocenters. The van der Waals surface area contributed by atoms with Crippen LogP contribution >= 0.6 is 11.6 Å². The van der Waals surface area contributed by atoms with Crippen molar-refractivity contribution in [3.05, 3.63) is 70.0 Å². The third kappa shape index (κ3) is 4.34. The minimum Gasteiger partial charge on any atom is -0.507 e. The van der Waals surface area contributed by atoms with E-state index in [1.807, 2.05) is 0 Å². The molecule has 2 aromatic carbocycles. The molecule has 2 saturated heterocycles. The van der Waals surface area contributed by atoms with Gasteiger partial charge >= 0.3 is 0 Å². The number of morpholine rings is 1. The van der Waals surface area contributed by atoms with Gasteiger partial charge in [-0.3, -0.25) is 14.5 Å². The van der Waals surface area contributed by atoms with E-state index >= 15 is 0 Å². The Balaban J connectivity index is 1.78. The van der Waals surface area contributed by atoms with Crippen LogP contribution in [0.5, 0.6) is 5.75 Å². The van der Waals surface area contributed by atoms with Gasteiger partial charge in [0.1, 0.15) is 17.3 Å². The van der Waals surface area contributed by atoms with Gasteiger partial charge in [-0.2, -0.15) is 0 Å². The molecule has 2 fully saturated rings. The Morgan fingerprint density at radius 1 is 1.12 bits per heavy atom. The molecule has 1 amide bonds. The van der Waals surface area contributed by atoms with E-state index < -0.39 is 29.3 Å². The fourth-order valence-corrected chi connectivity index (χ4v) is 4.22. The first-order chi connectivity index (χ1) is 15.4. The van der Waals surface area contributed by atoms with Gasteiger partial charge in [0.05, 0.1) is 30.4 Å². The maximum atomic E-state index is 14.0. The number of aliphatic hydroxyl groups is 1. The summed E-state index contributed by atoms with van der Waals surface area (Å²) < 4.78 is 19.4. The summed E-state index contributed by atoms with van der Waals surface area (Å²) in [7, 11) is 0. The lowest BCUT2D eigenvalue weighted by Gasteiger charge is -2.31. The lowest BCUT2D eigenvalue weighted by Crippen LogP contribution is -2.42. The standard InChI is InChI=1S/C23H22ClFN2O5/c24-15-4-5-18(28)17(13-15)21(29)19-20(14-2-1-3-16(25)12-14)27(23(31)22(19)30)7-6-26-8-10-32-11-9-26/h1-5,12-13,20,28-29H,6-11H2/t20-/m0/s1. The van der Waals surface area contributed by atoms with Crippen molar-refractivity contribution in [1.82, 2.24) is 9.80 Å². The number of aliphatic hydroxyl groups excluding tert-OH is 1. The molecule has 0 saturated carbocycles. The number of rotatable bonds is 5. The van der Waals surface area contributed by atoms with E-state index in [9.17, 15) is 24.2 Å². The lowest BCUT2D eigenvalue weighted by molar-refractivity contribution is -0.140. The van der Waals surface area contributed by atoms with Crippen molar-refractivity contribution in [2.24, 2.45) is 0 Å². The number of ether oxygens (including phenoxy) is 1. The number of amides is 1. The number of phenolic OH excluding ortho intramolecular Hbond substituents is 1. The molecule has 168 valence electrons. The second-order valence-electron chi connectivity index (χ2n) is 7.66. The molecule has 2 heterocycles. The number of phenols is 1. The molecule has 32 heavy (non-hydrogen) atoms. The number of nitrogens with zero attached hydrogens (tertiary/aromatic N) is 2. The molecule has 7 nitrogen and oxygen atoms in total. The fourth-order valence-electron chi connectivity index (χ4n) is 4.05. The summed E-state index contributed by atoms with van der Waals surface area (Å²) >= 11 is 6.00. The molecule has 2 aliphatic rings. The van der Waals surface area contributed by atoms with Crippen molar-refractivity contribution < 1.29 is 28.9 Å². The molecule has 2 aliphatic heterocycles. The molecule has 0 aliphatic carbocycles. The highest BCUT2D eigenvalue weighted by Gasteiger charge is 2.46. The molecule has 4 rings (SSSR count). The number of Topliss-reactive ketones (excluding diaryl/α,β-unsaturated/α-hetero) is 1. The summed E-state index contributed by atoms with van der Waals surface area (Å²) in [5.74, 6) is -3.10. The lowest BCUT2D eigenvalue weighted by atomic mass is 9.95. The average molecular weight is 461 g/mol. The van der Waals surface area contributed by atoms with Crippen molar-refractivity contribution in [1.29, 1.82) is 0 Å². The topological polar surface area (TPSA) is 90.3 Å². The monoisotopic (exact) mass is 460 g/mol. The third-order valence-electron chi connectivity index (χ3n) is 5.68. The number of likely N-dealkylation sites (tertiary alicyclic amines) is 1. The molecule has 2 aromatic rings. The van der Waals surface area contributed by atoms with E-state index in [0.29, 0.717) is 38.4 Å². The number of ketones is 1. The van der Waals surface area contributed by atoms with Gasteiger partial charge in [0.25, 0.3) is 11.7 Å². The quantitative estimate of drug-likeness (QED) is 0.405. The zero-order valence-corrected chi connectivity index (χ0v) is 17.9. The number of aromatic hydroxyl groups is 1. The molecule has 0 radical (unpaired) electrons. The first-order valence-electron chi connectivity index (χ1n) is 10.2. The van der Waals surface area contributed by atoms with E-state index in [1.54, 1.807) is 6.07 Å². The maximum Gasteiger partial charge on any atom is 0.295 e. The Labute approximate surface area is 189 Å². The van der Waals surface area contributed by atoms with Crippen LogP contribution in [0.2, 0.25) is 5.02 Å². The highest BCUT2D eigenvalue weighted by molar-refractivity contribution is 6.46. The van der Waals surface area contributed by atoms with Crippen LogP contribution in [0.3, 0.4) is 0 Å². The van der Waals surface area contributed by atoms with Crippen LogP contribution in [-0.4, -0.2) is 71.1 Å². The van der Waals surface area contributed by atoms with Gasteiger partial charge in [-0.1, -0.05) is 23.7 Å². The van der Waals surface area contributed by atoms with Crippen molar-refractivity contribution >= 4 is 29.1 Å². The second-order valence-corrected chi connectivity index (χ2v) is 8.10. The number of carbonyl (C=O) groups excluding carboxylic acids is 2. The Morgan fingerprint density at radius 2 is 1.88 bits per heavy atom. The summed E-state index contributed by atoms with van der Waals surface area (Å²) in [6.07, 6.45) is 0. The van der Waals surface area contributed by atoms with E-state index in [2.05, 4.69) is 4.90 Å². The molecule has 0 bridgehead atoms. The second kappa shape index (κ2) is 9.28. The van der Waals surface area contributed by atoms with Gasteiger partial charge in [-0.05, 0) is 35.9 Å². The highest BCUT2D eigenvalue weighted by Crippen LogP contribution is 2.41. The smallest absolute Gasteiger partial charge is 0.295 e. The van der Waals surface area contributed by atoms with E-state index in [-0.39, 0.29) is 28.5 Å². The summed E-state index contributed by atoms with van der Waals surface area (Å²) in [5.41, 5.74) is 0.0412.